The molecule has 1 atom stereocenters. The van der Waals surface area contributed by atoms with E-state index in [0.717, 1.165) is 49.7 Å². The molecule has 0 amide bonds. The fourth-order valence-electron chi connectivity index (χ4n) is 3.12. The lowest BCUT2D eigenvalue weighted by Crippen LogP contribution is -2.50. The molecule has 3 rings (SSSR count). The highest BCUT2D eigenvalue weighted by Crippen LogP contribution is 2.25. The van der Waals surface area contributed by atoms with Gasteiger partial charge in [-0.05, 0) is 26.0 Å². The summed E-state index contributed by atoms with van der Waals surface area (Å²) in [5.74, 6) is 0.743. The first-order chi connectivity index (χ1) is 11.5. The summed E-state index contributed by atoms with van der Waals surface area (Å²) in [6.07, 6.45) is 2.17. The largest absolute Gasteiger partial charge is 0.396 e. The van der Waals surface area contributed by atoms with Crippen molar-refractivity contribution in [2.75, 3.05) is 36.8 Å². The quantitative estimate of drug-likeness (QED) is 0.846. The van der Waals surface area contributed by atoms with Crippen LogP contribution < -0.4 is 10.6 Å². The fraction of sp³-hybridized carbons (Fsp3) is 0.438. The predicted octanol–water partition coefficient (Wildman–Crippen LogP) is 1.65. The molecule has 2 aromatic heterocycles. The van der Waals surface area contributed by atoms with Gasteiger partial charge in [-0.2, -0.15) is 5.10 Å². The van der Waals surface area contributed by atoms with Gasteiger partial charge in [0, 0.05) is 38.1 Å². The van der Waals surface area contributed by atoms with Gasteiger partial charge in [-0.15, -0.1) is 0 Å². The number of nitrogens with zero attached hydrogens (tertiary/aromatic N) is 5. The Balaban J connectivity index is 1.72. The van der Waals surface area contributed by atoms with E-state index in [9.17, 15) is 4.79 Å². The van der Waals surface area contributed by atoms with Gasteiger partial charge in [0.2, 0.25) is 0 Å². The molecule has 0 aromatic carbocycles. The molecule has 2 N–H and O–H groups in total. The van der Waals surface area contributed by atoms with E-state index in [1.165, 1.54) is 0 Å². The summed E-state index contributed by atoms with van der Waals surface area (Å²) in [5.41, 5.74) is 8.48. The number of nitrogens with two attached hydrogens (primary N) is 1. The lowest BCUT2D eigenvalue weighted by atomic mass is 10.2. The van der Waals surface area contributed by atoms with Crippen molar-refractivity contribution in [3.8, 4) is 0 Å². The van der Waals surface area contributed by atoms with Crippen LogP contribution in [0.25, 0.3) is 0 Å². The summed E-state index contributed by atoms with van der Waals surface area (Å²) in [7, 11) is 0. The molecule has 24 heavy (non-hydrogen) atoms. The molecule has 0 radical (unpaired) electrons. The molecule has 1 fully saturated rings. The van der Waals surface area contributed by atoms with Crippen molar-refractivity contribution in [3.05, 3.63) is 34.7 Å². The molecule has 1 aliphatic rings. The van der Waals surface area contributed by atoms with Crippen LogP contribution in [0.2, 0.25) is 5.02 Å². The molecular weight excluding hydrogens is 328 g/mol. The number of hydrogen-bond acceptors (Lipinski definition) is 6. The molecule has 0 saturated carbocycles. The minimum atomic E-state index is -0.378. The maximum absolute atomic E-state index is 11.6. The first-order valence-electron chi connectivity index (χ1n) is 7.87. The number of halogens is 1. The molecule has 7 nitrogen and oxygen atoms in total. The molecule has 0 spiro atoms. The van der Waals surface area contributed by atoms with Gasteiger partial charge in [0.1, 0.15) is 0 Å². The van der Waals surface area contributed by atoms with Crippen molar-refractivity contribution in [1.29, 1.82) is 0 Å². The number of carbonyl (C=O) groups excluding carboxylic acids is 1. The van der Waals surface area contributed by atoms with Crippen LogP contribution in [0.1, 0.15) is 17.6 Å². The van der Waals surface area contributed by atoms with Crippen molar-refractivity contribution in [2.45, 2.75) is 20.0 Å². The van der Waals surface area contributed by atoms with Crippen LogP contribution in [0, 0.1) is 13.8 Å². The average molecular weight is 349 g/mol. The third-order valence-electron chi connectivity index (χ3n) is 4.27. The van der Waals surface area contributed by atoms with Crippen molar-refractivity contribution in [2.24, 2.45) is 0 Å². The number of hydrogen-bond donors (Lipinski definition) is 1. The van der Waals surface area contributed by atoms with E-state index in [-0.39, 0.29) is 6.17 Å². The fourth-order valence-corrected chi connectivity index (χ4v) is 3.29. The zero-order chi connectivity index (χ0) is 17.3. The smallest absolute Gasteiger partial charge is 0.160 e. The van der Waals surface area contributed by atoms with Crippen LogP contribution in [0.15, 0.2) is 18.3 Å². The van der Waals surface area contributed by atoms with Crippen LogP contribution in [0.3, 0.4) is 0 Å². The molecule has 2 aromatic rings. The van der Waals surface area contributed by atoms with E-state index in [1.54, 1.807) is 16.9 Å². The zero-order valence-electron chi connectivity index (χ0n) is 13.8. The Kier molecular flexibility index (Phi) is 4.73. The second-order valence-corrected chi connectivity index (χ2v) is 6.45. The molecule has 128 valence electrons. The van der Waals surface area contributed by atoms with E-state index in [2.05, 4.69) is 19.9 Å². The topological polar surface area (TPSA) is 80.3 Å². The van der Waals surface area contributed by atoms with Gasteiger partial charge in [0.05, 0.1) is 16.4 Å². The standard InChI is InChI=1S/C16H21ClN6O/c1-11-7-12(2)23(20-11)15(10-24)21-3-5-22(6-4-21)16-14(18)8-13(17)9-19-16/h7-10,15H,3-6,18H2,1-2H3. The summed E-state index contributed by atoms with van der Waals surface area (Å²) in [6, 6.07) is 3.69. The Morgan fingerprint density at radius 3 is 2.50 bits per heavy atom. The van der Waals surface area contributed by atoms with Gasteiger partial charge in [-0.25, -0.2) is 9.67 Å². The lowest BCUT2D eigenvalue weighted by molar-refractivity contribution is -0.116. The molecule has 8 heteroatoms. The Hall–Kier alpha value is -2.12. The van der Waals surface area contributed by atoms with Crippen LogP contribution in [-0.2, 0) is 4.79 Å². The van der Waals surface area contributed by atoms with Gasteiger partial charge in [-0.3, -0.25) is 9.69 Å². The van der Waals surface area contributed by atoms with Crippen LogP contribution in [0.5, 0.6) is 0 Å². The van der Waals surface area contributed by atoms with E-state index in [4.69, 9.17) is 17.3 Å². The number of nitrogen functional groups attached to an aromatic ring is 1. The monoisotopic (exact) mass is 348 g/mol. The third-order valence-corrected chi connectivity index (χ3v) is 4.47. The number of aromatic nitrogens is 3. The molecule has 1 aliphatic heterocycles. The van der Waals surface area contributed by atoms with Crippen LogP contribution >= 0.6 is 11.6 Å². The molecule has 3 heterocycles. The second kappa shape index (κ2) is 6.78. The number of rotatable bonds is 4. The summed E-state index contributed by atoms with van der Waals surface area (Å²) in [6.45, 7) is 6.82. The number of aldehydes is 1. The minimum Gasteiger partial charge on any atom is -0.396 e. The Labute approximate surface area is 146 Å². The number of aryl methyl sites for hydroxylation is 2. The third kappa shape index (κ3) is 3.22. The molecule has 0 aliphatic carbocycles. The SMILES string of the molecule is Cc1cc(C)n(C(C=O)N2CCN(c3ncc(Cl)cc3N)CC2)n1. The first-order valence-corrected chi connectivity index (χ1v) is 8.25. The highest BCUT2D eigenvalue weighted by atomic mass is 35.5. The van der Waals surface area contributed by atoms with Crippen molar-refractivity contribution >= 4 is 29.4 Å². The summed E-state index contributed by atoms with van der Waals surface area (Å²) in [5, 5.41) is 4.97. The van der Waals surface area contributed by atoms with Gasteiger partial charge in [0.15, 0.2) is 18.3 Å². The molecular formula is C16H21ClN6O. The van der Waals surface area contributed by atoms with E-state index in [1.807, 2.05) is 19.9 Å². The summed E-state index contributed by atoms with van der Waals surface area (Å²) >= 11 is 5.91. The van der Waals surface area contributed by atoms with Crippen molar-refractivity contribution in [3.63, 3.8) is 0 Å². The first kappa shape index (κ1) is 16.7. The molecule has 0 bridgehead atoms. The van der Waals surface area contributed by atoms with E-state index < -0.39 is 0 Å². The number of anilines is 2. The van der Waals surface area contributed by atoms with Crippen molar-refractivity contribution in [1.82, 2.24) is 19.7 Å². The summed E-state index contributed by atoms with van der Waals surface area (Å²) in [4.78, 5) is 20.2. The maximum atomic E-state index is 11.6. The van der Waals surface area contributed by atoms with Crippen LogP contribution in [-0.4, -0.2) is 52.1 Å². The van der Waals surface area contributed by atoms with Gasteiger partial charge >= 0.3 is 0 Å². The highest BCUT2D eigenvalue weighted by molar-refractivity contribution is 6.30. The minimum absolute atomic E-state index is 0.378. The number of piperazine rings is 1. The lowest BCUT2D eigenvalue weighted by Gasteiger charge is -2.38. The normalized spacial score (nSPS) is 17.0. The Morgan fingerprint density at radius 1 is 1.25 bits per heavy atom. The maximum Gasteiger partial charge on any atom is 0.160 e. The van der Waals surface area contributed by atoms with E-state index in [0.29, 0.717) is 10.7 Å². The van der Waals surface area contributed by atoms with Gasteiger partial charge in [-0.1, -0.05) is 11.6 Å². The van der Waals surface area contributed by atoms with Crippen molar-refractivity contribution < 1.29 is 4.79 Å². The second-order valence-electron chi connectivity index (χ2n) is 6.01. The van der Waals surface area contributed by atoms with Crippen LogP contribution in [0.4, 0.5) is 11.5 Å². The highest BCUT2D eigenvalue weighted by Gasteiger charge is 2.27. The molecule has 1 unspecified atom stereocenters. The Morgan fingerprint density at radius 2 is 1.96 bits per heavy atom. The summed E-state index contributed by atoms with van der Waals surface area (Å²) < 4.78 is 1.78. The van der Waals surface area contributed by atoms with E-state index >= 15 is 0 Å². The molecule has 1 saturated heterocycles. The van der Waals surface area contributed by atoms with Gasteiger partial charge in [0.25, 0.3) is 0 Å². The van der Waals surface area contributed by atoms with Gasteiger partial charge < -0.3 is 10.6 Å². The predicted molar refractivity (Wildman–Crippen MR) is 94.2 cm³/mol. The average Bonchev–Trinajstić information content (AvgIpc) is 2.88. The zero-order valence-corrected chi connectivity index (χ0v) is 14.6. The Bertz CT molecular complexity index is 738. The number of carbonyl (C=O) groups is 1. The number of pyridine rings is 1.